The summed E-state index contributed by atoms with van der Waals surface area (Å²) in [6, 6.07) is 13.3. The van der Waals surface area contributed by atoms with Crippen LogP contribution in [0.5, 0.6) is 17.4 Å². The van der Waals surface area contributed by atoms with E-state index in [0.29, 0.717) is 24.8 Å². The minimum absolute atomic E-state index is 0.353. The molecule has 21 heavy (non-hydrogen) atoms. The number of imidazole rings is 1. The van der Waals surface area contributed by atoms with Crippen LogP contribution in [0.25, 0.3) is 5.65 Å². The first-order valence-electron chi connectivity index (χ1n) is 6.88. The Morgan fingerprint density at radius 1 is 1.14 bits per heavy atom. The molecule has 0 unspecified atom stereocenters. The summed E-state index contributed by atoms with van der Waals surface area (Å²) < 4.78 is 13.3. The third-order valence-corrected chi connectivity index (χ3v) is 3.12. The molecule has 0 atom stereocenters. The van der Waals surface area contributed by atoms with E-state index in [-0.39, 0.29) is 0 Å². The van der Waals surface area contributed by atoms with Crippen molar-refractivity contribution in [2.45, 2.75) is 13.5 Å². The van der Waals surface area contributed by atoms with Crippen LogP contribution < -0.4 is 15.2 Å². The summed E-state index contributed by atoms with van der Waals surface area (Å²) in [6.07, 6.45) is 1.92. The SMILES string of the molecule is CCOc1cccc(Oc2nc3ccccn3c2CN)c1. The molecule has 3 aromatic rings. The third kappa shape index (κ3) is 2.68. The van der Waals surface area contributed by atoms with Gasteiger partial charge in [-0.1, -0.05) is 12.1 Å². The van der Waals surface area contributed by atoms with E-state index >= 15 is 0 Å². The van der Waals surface area contributed by atoms with Crippen molar-refractivity contribution in [1.29, 1.82) is 0 Å². The molecule has 0 aliphatic heterocycles. The summed E-state index contributed by atoms with van der Waals surface area (Å²) in [5.74, 6) is 1.98. The molecule has 2 aromatic heterocycles. The van der Waals surface area contributed by atoms with Crippen molar-refractivity contribution in [2.24, 2.45) is 5.73 Å². The standard InChI is InChI=1S/C16H17N3O2/c1-2-20-12-6-5-7-13(10-12)21-16-14(11-17)19-9-4-3-8-15(19)18-16/h3-10H,2,11,17H2,1H3. The van der Waals surface area contributed by atoms with Gasteiger partial charge in [0.25, 0.3) is 0 Å². The quantitative estimate of drug-likeness (QED) is 0.782. The second-order valence-electron chi connectivity index (χ2n) is 4.51. The second kappa shape index (κ2) is 5.85. The molecular weight excluding hydrogens is 266 g/mol. The molecule has 1 aromatic carbocycles. The Balaban J connectivity index is 1.96. The summed E-state index contributed by atoms with van der Waals surface area (Å²) in [5.41, 5.74) is 7.48. The summed E-state index contributed by atoms with van der Waals surface area (Å²) in [6.45, 7) is 2.92. The van der Waals surface area contributed by atoms with Crippen molar-refractivity contribution in [3.8, 4) is 17.4 Å². The predicted molar refractivity (Wildman–Crippen MR) is 80.8 cm³/mol. The molecule has 0 aliphatic rings. The number of nitrogens with zero attached hydrogens (tertiary/aromatic N) is 2. The van der Waals surface area contributed by atoms with Gasteiger partial charge in [-0.15, -0.1) is 0 Å². The van der Waals surface area contributed by atoms with Crippen LogP contribution in [0.3, 0.4) is 0 Å². The smallest absolute Gasteiger partial charge is 0.242 e. The normalized spacial score (nSPS) is 10.8. The molecule has 108 valence electrons. The highest BCUT2D eigenvalue weighted by Gasteiger charge is 2.12. The number of fused-ring (bicyclic) bond motifs is 1. The average Bonchev–Trinajstić information content (AvgIpc) is 2.85. The van der Waals surface area contributed by atoms with Crippen molar-refractivity contribution in [3.05, 3.63) is 54.4 Å². The van der Waals surface area contributed by atoms with Crippen LogP contribution >= 0.6 is 0 Å². The second-order valence-corrected chi connectivity index (χ2v) is 4.51. The molecule has 0 fully saturated rings. The summed E-state index contributed by atoms with van der Waals surface area (Å²) in [4.78, 5) is 4.47. The molecule has 5 heteroatoms. The van der Waals surface area contributed by atoms with E-state index in [4.69, 9.17) is 15.2 Å². The molecule has 3 rings (SSSR count). The lowest BCUT2D eigenvalue weighted by molar-refractivity contribution is 0.338. The fourth-order valence-electron chi connectivity index (χ4n) is 2.20. The van der Waals surface area contributed by atoms with Gasteiger partial charge in [-0.25, -0.2) is 0 Å². The van der Waals surface area contributed by atoms with E-state index < -0.39 is 0 Å². The van der Waals surface area contributed by atoms with Crippen molar-refractivity contribution >= 4 is 5.65 Å². The van der Waals surface area contributed by atoms with E-state index in [1.165, 1.54) is 0 Å². The number of pyridine rings is 1. The van der Waals surface area contributed by atoms with E-state index in [1.54, 1.807) is 0 Å². The zero-order valence-corrected chi connectivity index (χ0v) is 11.8. The van der Waals surface area contributed by atoms with E-state index in [1.807, 2.05) is 60.0 Å². The lowest BCUT2D eigenvalue weighted by atomic mass is 10.3. The van der Waals surface area contributed by atoms with E-state index in [0.717, 1.165) is 17.1 Å². The Morgan fingerprint density at radius 2 is 2.00 bits per heavy atom. The first kappa shape index (κ1) is 13.5. The van der Waals surface area contributed by atoms with Gasteiger partial charge in [0.1, 0.15) is 22.8 Å². The molecule has 0 radical (unpaired) electrons. The van der Waals surface area contributed by atoms with Crippen LogP contribution in [-0.4, -0.2) is 16.0 Å². The number of nitrogens with two attached hydrogens (primary N) is 1. The molecule has 0 aliphatic carbocycles. The van der Waals surface area contributed by atoms with E-state index in [2.05, 4.69) is 4.98 Å². The molecule has 0 spiro atoms. The maximum Gasteiger partial charge on any atom is 0.242 e. The highest BCUT2D eigenvalue weighted by atomic mass is 16.5. The molecular formula is C16H17N3O2. The summed E-state index contributed by atoms with van der Waals surface area (Å²) in [7, 11) is 0. The lowest BCUT2D eigenvalue weighted by Crippen LogP contribution is -2.02. The first-order chi connectivity index (χ1) is 10.3. The molecule has 0 bridgehead atoms. The largest absolute Gasteiger partial charge is 0.494 e. The molecule has 0 saturated heterocycles. The molecule has 5 nitrogen and oxygen atoms in total. The Hall–Kier alpha value is -2.53. The van der Waals surface area contributed by atoms with Gasteiger partial charge in [-0.3, -0.25) is 4.40 Å². The van der Waals surface area contributed by atoms with Gasteiger partial charge in [-0.05, 0) is 31.2 Å². The maximum absolute atomic E-state index is 5.88. The molecule has 0 amide bonds. The molecule has 0 saturated carbocycles. The topological polar surface area (TPSA) is 61.8 Å². The van der Waals surface area contributed by atoms with E-state index in [9.17, 15) is 0 Å². The number of aromatic nitrogens is 2. The van der Waals surface area contributed by atoms with Crippen molar-refractivity contribution < 1.29 is 9.47 Å². The maximum atomic E-state index is 5.88. The number of hydrogen-bond acceptors (Lipinski definition) is 4. The Kier molecular flexibility index (Phi) is 3.75. The Morgan fingerprint density at radius 3 is 2.81 bits per heavy atom. The third-order valence-electron chi connectivity index (χ3n) is 3.12. The highest BCUT2D eigenvalue weighted by Crippen LogP contribution is 2.28. The van der Waals surface area contributed by atoms with Crippen molar-refractivity contribution in [3.63, 3.8) is 0 Å². The lowest BCUT2D eigenvalue weighted by Gasteiger charge is -2.07. The molecule has 2 N–H and O–H groups in total. The van der Waals surface area contributed by atoms with Gasteiger partial charge in [0.15, 0.2) is 0 Å². The zero-order chi connectivity index (χ0) is 14.7. The fourth-order valence-corrected chi connectivity index (χ4v) is 2.20. The summed E-state index contributed by atoms with van der Waals surface area (Å²) >= 11 is 0. The predicted octanol–water partition coefficient (Wildman–Crippen LogP) is 2.98. The minimum atomic E-state index is 0.353. The van der Waals surface area contributed by atoms with Gasteiger partial charge >= 0.3 is 0 Å². The molecule has 2 heterocycles. The Labute approximate surface area is 122 Å². The van der Waals surface area contributed by atoms with Crippen LogP contribution in [0.4, 0.5) is 0 Å². The zero-order valence-electron chi connectivity index (χ0n) is 11.8. The van der Waals surface area contributed by atoms with Gasteiger partial charge in [-0.2, -0.15) is 4.98 Å². The number of benzene rings is 1. The van der Waals surface area contributed by atoms with Gasteiger partial charge < -0.3 is 15.2 Å². The van der Waals surface area contributed by atoms with Crippen molar-refractivity contribution in [1.82, 2.24) is 9.38 Å². The van der Waals surface area contributed by atoms with Crippen LogP contribution in [0.15, 0.2) is 48.7 Å². The monoisotopic (exact) mass is 283 g/mol. The fraction of sp³-hybridized carbons (Fsp3) is 0.188. The number of rotatable bonds is 5. The van der Waals surface area contributed by atoms with Gasteiger partial charge in [0.05, 0.1) is 6.61 Å². The number of ether oxygens (including phenoxy) is 2. The van der Waals surface area contributed by atoms with Crippen molar-refractivity contribution in [2.75, 3.05) is 6.61 Å². The van der Waals surface area contributed by atoms with Crippen LogP contribution in [0.1, 0.15) is 12.6 Å². The first-order valence-corrected chi connectivity index (χ1v) is 6.88. The number of hydrogen-bond donors (Lipinski definition) is 1. The van der Waals surface area contributed by atoms with Crippen LogP contribution in [-0.2, 0) is 6.54 Å². The Bertz CT molecular complexity index is 752. The van der Waals surface area contributed by atoms with Crippen LogP contribution in [0.2, 0.25) is 0 Å². The van der Waals surface area contributed by atoms with Crippen LogP contribution in [0, 0.1) is 0 Å². The average molecular weight is 283 g/mol. The van der Waals surface area contributed by atoms with Gasteiger partial charge in [0.2, 0.25) is 5.88 Å². The minimum Gasteiger partial charge on any atom is -0.494 e. The van der Waals surface area contributed by atoms with Gasteiger partial charge in [0, 0.05) is 18.8 Å². The highest BCUT2D eigenvalue weighted by molar-refractivity contribution is 5.47. The summed E-state index contributed by atoms with van der Waals surface area (Å²) in [5, 5.41) is 0.